The highest BCUT2D eigenvalue weighted by Gasteiger charge is 2.35. The summed E-state index contributed by atoms with van der Waals surface area (Å²) >= 11 is 0. The molecule has 2 rings (SSSR count). The molecule has 8 nitrogen and oxygen atoms in total. The average molecular weight is 295 g/mol. The molecule has 0 radical (unpaired) electrons. The van der Waals surface area contributed by atoms with E-state index in [2.05, 4.69) is 34.7 Å². The van der Waals surface area contributed by atoms with Gasteiger partial charge in [0.1, 0.15) is 12.6 Å². The molecule has 1 unspecified atom stereocenters. The maximum Gasteiger partial charge on any atom is 0.319 e. The summed E-state index contributed by atoms with van der Waals surface area (Å²) in [6.45, 7) is 7.45. The molecule has 1 fully saturated rings. The van der Waals surface area contributed by atoms with Gasteiger partial charge in [-0.25, -0.2) is 0 Å². The van der Waals surface area contributed by atoms with Gasteiger partial charge in [-0.15, -0.1) is 5.10 Å². The van der Waals surface area contributed by atoms with E-state index in [1.54, 1.807) is 4.90 Å². The minimum atomic E-state index is -0.459. The normalized spacial score (nSPS) is 19.2. The zero-order valence-electron chi connectivity index (χ0n) is 12.5. The lowest BCUT2D eigenvalue weighted by molar-refractivity contribution is -0.133. The first kappa shape index (κ1) is 15.4. The fourth-order valence-electron chi connectivity index (χ4n) is 2.17. The van der Waals surface area contributed by atoms with E-state index in [4.69, 9.17) is 4.42 Å². The van der Waals surface area contributed by atoms with Gasteiger partial charge in [-0.05, 0) is 18.9 Å². The SMILES string of the molecule is CCC1C(=O)NC(=O)CN1c1nnc(CNCC(C)C)o1. The molecule has 2 amide bonds. The second-order valence-corrected chi connectivity index (χ2v) is 5.47. The molecule has 1 atom stereocenters. The molecule has 2 N–H and O–H groups in total. The number of carbonyl (C=O) groups is 2. The number of aromatic nitrogens is 2. The molecule has 0 spiro atoms. The Hall–Kier alpha value is -1.96. The van der Waals surface area contributed by atoms with Gasteiger partial charge in [-0.1, -0.05) is 25.9 Å². The number of piperazine rings is 1. The maximum absolute atomic E-state index is 11.8. The summed E-state index contributed by atoms with van der Waals surface area (Å²) < 4.78 is 5.54. The zero-order chi connectivity index (χ0) is 15.4. The minimum Gasteiger partial charge on any atom is -0.407 e. The van der Waals surface area contributed by atoms with Crippen LogP contribution in [0.25, 0.3) is 0 Å². The summed E-state index contributed by atoms with van der Waals surface area (Å²) in [5.74, 6) is 0.285. The number of hydrogen-bond donors (Lipinski definition) is 2. The van der Waals surface area contributed by atoms with Gasteiger partial charge in [0.2, 0.25) is 17.7 Å². The second kappa shape index (κ2) is 6.66. The van der Waals surface area contributed by atoms with Gasteiger partial charge in [-0.3, -0.25) is 14.9 Å². The molecule has 0 aromatic carbocycles. The van der Waals surface area contributed by atoms with Gasteiger partial charge in [-0.2, -0.15) is 0 Å². The molecule has 116 valence electrons. The Balaban J connectivity index is 2.04. The van der Waals surface area contributed by atoms with Crippen molar-refractivity contribution in [3.8, 4) is 0 Å². The van der Waals surface area contributed by atoms with E-state index in [1.165, 1.54) is 0 Å². The Morgan fingerprint density at radius 2 is 2.19 bits per heavy atom. The Morgan fingerprint density at radius 3 is 2.86 bits per heavy atom. The van der Waals surface area contributed by atoms with Crippen molar-refractivity contribution in [3.63, 3.8) is 0 Å². The van der Waals surface area contributed by atoms with Gasteiger partial charge >= 0.3 is 6.01 Å². The van der Waals surface area contributed by atoms with Crippen molar-refractivity contribution in [3.05, 3.63) is 5.89 Å². The third-order valence-electron chi connectivity index (χ3n) is 3.17. The van der Waals surface area contributed by atoms with Crippen LogP contribution < -0.4 is 15.5 Å². The van der Waals surface area contributed by atoms with Gasteiger partial charge in [0.05, 0.1) is 6.54 Å². The van der Waals surface area contributed by atoms with Crippen molar-refractivity contribution in [2.75, 3.05) is 18.0 Å². The molecule has 1 aromatic rings. The summed E-state index contributed by atoms with van der Waals surface area (Å²) in [6.07, 6.45) is 0.558. The summed E-state index contributed by atoms with van der Waals surface area (Å²) in [6, 6.07) is -0.244. The van der Waals surface area contributed by atoms with Crippen molar-refractivity contribution in [2.45, 2.75) is 39.8 Å². The lowest BCUT2D eigenvalue weighted by Crippen LogP contribution is -2.58. The van der Waals surface area contributed by atoms with E-state index < -0.39 is 6.04 Å². The predicted octanol–water partition coefficient (Wildman–Crippen LogP) is 0.0566. The third kappa shape index (κ3) is 3.78. The number of amides is 2. The highest BCUT2D eigenvalue weighted by atomic mass is 16.4. The molecular formula is C13H21N5O3. The monoisotopic (exact) mass is 295 g/mol. The van der Waals surface area contributed by atoms with Gasteiger partial charge in [0, 0.05) is 0 Å². The molecule has 1 aliphatic heterocycles. The fraction of sp³-hybridized carbons (Fsp3) is 0.692. The van der Waals surface area contributed by atoms with E-state index in [0.717, 1.165) is 6.54 Å². The quantitative estimate of drug-likeness (QED) is 0.715. The lowest BCUT2D eigenvalue weighted by Gasteiger charge is -2.31. The van der Waals surface area contributed by atoms with Crippen LogP contribution in [-0.4, -0.2) is 41.1 Å². The van der Waals surface area contributed by atoms with E-state index in [1.807, 2.05) is 6.92 Å². The van der Waals surface area contributed by atoms with Crippen molar-refractivity contribution >= 4 is 17.8 Å². The van der Waals surface area contributed by atoms with Crippen LogP contribution in [0.4, 0.5) is 6.01 Å². The van der Waals surface area contributed by atoms with Crippen molar-refractivity contribution in [1.29, 1.82) is 0 Å². The summed E-state index contributed by atoms with van der Waals surface area (Å²) in [5.41, 5.74) is 0. The largest absolute Gasteiger partial charge is 0.407 e. The van der Waals surface area contributed by atoms with Crippen LogP contribution in [0.5, 0.6) is 0 Å². The summed E-state index contributed by atoms with van der Waals surface area (Å²) in [4.78, 5) is 24.8. The average Bonchev–Trinajstić information content (AvgIpc) is 2.86. The standard InChI is InChI=1S/C13H21N5O3/c1-4-9-12(20)15-10(19)7-18(9)13-17-16-11(21-13)6-14-5-8(2)3/h8-9,14H,4-7H2,1-3H3,(H,15,19,20). The smallest absolute Gasteiger partial charge is 0.319 e. The molecule has 8 heteroatoms. The first-order valence-corrected chi connectivity index (χ1v) is 7.14. The summed E-state index contributed by atoms with van der Waals surface area (Å²) in [5, 5.41) is 13.4. The highest BCUT2D eigenvalue weighted by molar-refractivity contribution is 6.04. The number of nitrogens with zero attached hydrogens (tertiary/aromatic N) is 3. The predicted molar refractivity (Wildman–Crippen MR) is 75.4 cm³/mol. The fourth-order valence-corrected chi connectivity index (χ4v) is 2.17. The number of nitrogens with one attached hydrogen (secondary N) is 2. The molecule has 1 saturated heterocycles. The molecule has 21 heavy (non-hydrogen) atoms. The Kier molecular flexibility index (Phi) is 4.89. The van der Waals surface area contributed by atoms with Crippen LogP contribution in [-0.2, 0) is 16.1 Å². The van der Waals surface area contributed by atoms with Crippen LogP contribution in [0.2, 0.25) is 0 Å². The van der Waals surface area contributed by atoms with Crippen LogP contribution in [0, 0.1) is 5.92 Å². The van der Waals surface area contributed by atoms with E-state index >= 15 is 0 Å². The molecule has 1 aliphatic rings. The van der Waals surface area contributed by atoms with Crippen LogP contribution in [0.3, 0.4) is 0 Å². The van der Waals surface area contributed by atoms with Crippen molar-refractivity contribution in [1.82, 2.24) is 20.8 Å². The first-order valence-electron chi connectivity index (χ1n) is 7.14. The third-order valence-corrected chi connectivity index (χ3v) is 3.17. The van der Waals surface area contributed by atoms with Crippen LogP contribution in [0.1, 0.15) is 33.1 Å². The minimum absolute atomic E-state index is 0.0469. The number of imide groups is 1. The van der Waals surface area contributed by atoms with E-state index in [9.17, 15) is 9.59 Å². The maximum atomic E-state index is 11.8. The summed E-state index contributed by atoms with van der Waals surface area (Å²) in [7, 11) is 0. The van der Waals surface area contributed by atoms with Gasteiger partial charge < -0.3 is 14.6 Å². The van der Waals surface area contributed by atoms with Crippen LogP contribution in [0.15, 0.2) is 4.42 Å². The molecule has 1 aromatic heterocycles. The highest BCUT2D eigenvalue weighted by Crippen LogP contribution is 2.19. The number of carbonyl (C=O) groups excluding carboxylic acids is 2. The van der Waals surface area contributed by atoms with Gasteiger partial charge in [0.15, 0.2) is 0 Å². The topological polar surface area (TPSA) is 100 Å². The second-order valence-electron chi connectivity index (χ2n) is 5.47. The molecule has 0 aliphatic carbocycles. The van der Waals surface area contributed by atoms with E-state index in [0.29, 0.717) is 24.8 Å². The number of rotatable bonds is 6. The molecule has 0 bridgehead atoms. The number of anilines is 1. The zero-order valence-corrected chi connectivity index (χ0v) is 12.5. The Labute approximate surface area is 123 Å². The number of hydrogen-bond acceptors (Lipinski definition) is 7. The molecular weight excluding hydrogens is 274 g/mol. The molecule has 2 heterocycles. The first-order chi connectivity index (χ1) is 10.0. The molecule has 0 saturated carbocycles. The Morgan fingerprint density at radius 1 is 1.43 bits per heavy atom. The Bertz CT molecular complexity index is 514. The van der Waals surface area contributed by atoms with Crippen LogP contribution >= 0.6 is 0 Å². The van der Waals surface area contributed by atoms with Crippen molar-refractivity contribution < 1.29 is 14.0 Å². The lowest BCUT2D eigenvalue weighted by atomic mass is 10.1. The van der Waals surface area contributed by atoms with E-state index in [-0.39, 0.29) is 24.4 Å². The van der Waals surface area contributed by atoms with Gasteiger partial charge in [0.25, 0.3) is 0 Å². The van der Waals surface area contributed by atoms with Crippen molar-refractivity contribution in [2.24, 2.45) is 5.92 Å².